The average molecular weight is 340 g/mol. The smallest absolute Gasteiger partial charge is 0.274 e. The molecule has 0 saturated carbocycles. The number of hydrogen-bond donors (Lipinski definition) is 2. The number of amides is 2. The van der Waals surface area contributed by atoms with Gasteiger partial charge >= 0.3 is 0 Å². The molecule has 1 unspecified atom stereocenters. The van der Waals surface area contributed by atoms with Gasteiger partial charge in [0.05, 0.1) is 11.9 Å². The van der Waals surface area contributed by atoms with Crippen LogP contribution in [0, 0.1) is 6.92 Å². The maximum absolute atomic E-state index is 12.7. The summed E-state index contributed by atoms with van der Waals surface area (Å²) in [7, 11) is 0. The van der Waals surface area contributed by atoms with E-state index in [1.54, 1.807) is 30.4 Å². The van der Waals surface area contributed by atoms with Crippen molar-refractivity contribution in [3.63, 3.8) is 0 Å². The van der Waals surface area contributed by atoms with E-state index in [2.05, 4.69) is 25.6 Å². The molecule has 1 aliphatic rings. The second kappa shape index (κ2) is 7.80. The van der Waals surface area contributed by atoms with Gasteiger partial charge in [0.2, 0.25) is 5.91 Å². The van der Waals surface area contributed by atoms with E-state index in [0.717, 1.165) is 11.3 Å². The van der Waals surface area contributed by atoms with Gasteiger partial charge in [0.1, 0.15) is 11.7 Å². The summed E-state index contributed by atoms with van der Waals surface area (Å²) in [6.07, 6.45) is 6.35. The van der Waals surface area contributed by atoms with E-state index in [-0.39, 0.29) is 17.5 Å². The first-order chi connectivity index (χ1) is 12.1. The number of aryl methyl sites for hydroxylation is 1. The van der Waals surface area contributed by atoms with Crippen LogP contribution in [-0.2, 0) is 11.3 Å². The molecular weight excluding hydrogens is 320 g/mol. The topological polar surface area (TPSA) is 100 Å². The minimum Gasteiger partial charge on any atom is -0.350 e. The van der Waals surface area contributed by atoms with E-state index in [1.807, 2.05) is 12.1 Å². The van der Waals surface area contributed by atoms with Crippen LogP contribution in [0.1, 0.15) is 21.7 Å². The molecule has 8 heteroatoms. The summed E-state index contributed by atoms with van der Waals surface area (Å²) in [5.41, 5.74) is 1.94. The molecule has 2 amide bonds. The van der Waals surface area contributed by atoms with Crippen LogP contribution in [-0.4, -0.2) is 57.3 Å². The third kappa shape index (κ3) is 4.16. The van der Waals surface area contributed by atoms with Gasteiger partial charge in [-0.25, -0.2) is 4.98 Å². The maximum atomic E-state index is 12.7. The van der Waals surface area contributed by atoms with Gasteiger partial charge in [0.25, 0.3) is 5.91 Å². The Kier molecular flexibility index (Phi) is 5.30. The Morgan fingerprint density at radius 1 is 1.28 bits per heavy atom. The molecule has 2 N–H and O–H groups in total. The monoisotopic (exact) mass is 340 g/mol. The van der Waals surface area contributed by atoms with Gasteiger partial charge in [0.15, 0.2) is 0 Å². The fraction of sp³-hybridized carbons (Fsp3) is 0.353. The van der Waals surface area contributed by atoms with Crippen molar-refractivity contribution in [3.05, 3.63) is 53.9 Å². The molecule has 1 atom stereocenters. The normalized spacial score (nSPS) is 17.2. The molecule has 1 saturated heterocycles. The second-order valence-corrected chi connectivity index (χ2v) is 5.83. The number of rotatable bonds is 4. The van der Waals surface area contributed by atoms with Gasteiger partial charge in [-0.05, 0) is 24.6 Å². The Hall–Kier alpha value is -2.87. The quantitative estimate of drug-likeness (QED) is 0.807. The molecule has 130 valence electrons. The third-order valence-corrected chi connectivity index (χ3v) is 4.02. The first-order valence-electron chi connectivity index (χ1n) is 8.12. The molecule has 1 aliphatic heterocycles. The van der Waals surface area contributed by atoms with Crippen LogP contribution in [0.5, 0.6) is 0 Å². The molecule has 0 aliphatic carbocycles. The molecule has 0 aromatic carbocycles. The number of piperazine rings is 1. The van der Waals surface area contributed by atoms with Crippen molar-refractivity contribution in [1.82, 2.24) is 30.5 Å². The van der Waals surface area contributed by atoms with Crippen LogP contribution in [0.3, 0.4) is 0 Å². The molecule has 25 heavy (non-hydrogen) atoms. The van der Waals surface area contributed by atoms with Gasteiger partial charge in [-0.15, -0.1) is 0 Å². The van der Waals surface area contributed by atoms with E-state index in [0.29, 0.717) is 26.2 Å². The Morgan fingerprint density at radius 3 is 2.80 bits per heavy atom. The fourth-order valence-corrected chi connectivity index (χ4v) is 2.64. The second-order valence-electron chi connectivity index (χ2n) is 5.83. The van der Waals surface area contributed by atoms with Crippen LogP contribution >= 0.6 is 0 Å². The predicted molar refractivity (Wildman–Crippen MR) is 90.5 cm³/mol. The summed E-state index contributed by atoms with van der Waals surface area (Å²) in [4.78, 5) is 39.0. The molecule has 3 heterocycles. The van der Waals surface area contributed by atoms with Crippen molar-refractivity contribution in [2.75, 3.05) is 19.6 Å². The highest BCUT2D eigenvalue weighted by molar-refractivity contribution is 5.96. The number of aromatic nitrogens is 3. The maximum Gasteiger partial charge on any atom is 0.274 e. The Balaban J connectivity index is 1.68. The van der Waals surface area contributed by atoms with Crippen LogP contribution in [0.25, 0.3) is 0 Å². The first kappa shape index (κ1) is 17.0. The van der Waals surface area contributed by atoms with Crippen LogP contribution < -0.4 is 10.6 Å². The summed E-state index contributed by atoms with van der Waals surface area (Å²) in [5, 5.41) is 6.04. The van der Waals surface area contributed by atoms with Crippen molar-refractivity contribution in [2.24, 2.45) is 0 Å². The zero-order chi connectivity index (χ0) is 17.6. The van der Waals surface area contributed by atoms with Gasteiger partial charge in [-0.1, -0.05) is 0 Å². The molecule has 0 spiro atoms. The molecule has 0 bridgehead atoms. The Morgan fingerprint density at radius 2 is 2.08 bits per heavy atom. The number of hydrogen-bond acceptors (Lipinski definition) is 6. The lowest BCUT2D eigenvalue weighted by Crippen LogP contribution is -2.59. The van der Waals surface area contributed by atoms with Crippen LogP contribution in [0.15, 0.2) is 36.9 Å². The Bertz CT molecular complexity index is 735. The van der Waals surface area contributed by atoms with E-state index >= 15 is 0 Å². The SMILES string of the molecule is Cc1cnc(C(=O)N2CCNCC2C(=O)NCc2ccncc2)cn1. The Labute approximate surface area is 145 Å². The van der Waals surface area contributed by atoms with Gasteiger partial charge in [-0.3, -0.25) is 19.6 Å². The first-order valence-corrected chi connectivity index (χ1v) is 8.12. The van der Waals surface area contributed by atoms with E-state index in [4.69, 9.17) is 0 Å². The summed E-state index contributed by atoms with van der Waals surface area (Å²) >= 11 is 0. The van der Waals surface area contributed by atoms with Crippen LogP contribution in [0.2, 0.25) is 0 Å². The van der Waals surface area contributed by atoms with E-state index in [1.165, 1.54) is 6.20 Å². The van der Waals surface area contributed by atoms with Crippen molar-refractivity contribution in [1.29, 1.82) is 0 Å². The number of pyridine rings is 1. The lowest BCUT2D eigenvalue weighted by atomic mass is 10.1. The fourth-order valence-electron chi connectivity index (χ4n) is 2.64. The molecule has 0 radical (unpaired) electrons. The average Bonchev–Trinajstić information content (AvgIpc) is 2.67. The van der Waals surface area contributed by atoms with Crippen molar-refractivity contribution < 1.29 is 9.59 Å². The van der Waals surface area contributed by atoms with Gasteiger partial charge < -0.3 is 15.5 Å². The number of nitrogens with one attached hydrogen (secondary N) is 2. The lowest BCUT2D eigenvalue weighted by Gasteiger charge is -2.34. The highest BCUT2D eigenvalue weighted by atomic mass is 16.2. The van der Waals surface area contributed by atoms with Crippen molar-refractivity contribution in [3.8, 4) is 0 Å². The minimum absolute atomic E-state index is 0.197. The van der Waals surface area contributed by atoms with Crippen molar-refractivity contribution in [2.45, 2.75) is 19.5 Å². The van der Waals surface area contributed by atoms with Crippen LogP contribution in [0.4, 0.5) is 0 Å². The third-order valence-electron chi connectivity index (χ3n) is 4.02. The molecule has 3 rings (SSSR count). The summed E-state index contributed by atoms with van der Waals surface area (Å²) in [6, 6.07) is 3.10. The van der Waals surface area contributed by atoms with Gasteiger partial charge in [-0.2, -0.15) is 0 Å². The molecule has 2 aromatic rings. The predicted octanol–water partition coefficient (Wildman–Crippen LogP) is -0.0896. The summed E-state index contributed by atoms with van der Waals surface area (Å²) < 4.78 is 0. The zero-order valence-electron chi connectivity index (χ0n) is 14.0. The summed E-state index contributed by atoms with van der Waals surface area (Å²) in [6.45, 7) is 3.69. The molecule has 8 nitrogen and oxygen atoms in total. The molecule has 2 aromatic heterocycles. The molecular formula is C17H20N6O2. The highest BCUT2D eigenvalue weighted by Gasteiger charge is 2.33. The largest absolute Gasteiger partial charge is 0.350 e. The van der Waals surface area contributed by atoms with Crippen molar-refractivity contribution >= 4 is 11.8 Å². The van der Waals surface area contributed by atoms with E-state index in [9.17, 15) is 9.59 Å². The van der Waals surface area contributed by atoms with Gasteiger partial charge in [0, 0.05) is 44.8 Å². The highest BCUT2D eigenvalue weighted by Crippen LogP contribution is 2.09. The number of nitrogens with zero attached hydrogens (tertiary/aromatic N) is 4. The standard InChI is InChI=1S/C17H20N6O2/c1-12-8-21-14(10-20-12)17(25)23-7-6-19-11-15(23)16(24)22-9-13-2-4-18-5-3-13/h2-5,8,10,15,19H,6-7,9,11H2,1H3,(H,22,24). The lowest BCUT2D eigenvalue weighted by molar-refractivity contribution is -0.126. The zero-order valence-corrected chi connectivity index (χ0v) is 14.0. The summed E-state index contributed by atoms with van der Waals surface area (Å²) in [5.74, 6) is -0.476. The minimum atomic E-state index is -0.578. The molecule has 1 fully saturated rings. The number of carbonyl (C=O) groups is 2. The van der Waals surface area contributed by atoms with E-state index < -0.39 is 6.04 Å². The number of carbonyl (C=O) groups excluding carboxylic acids is 2.